The van der Waals surface area contributed by atoms with Gasteiger partial charge in [-0.15, -0.1) is 0 Å². The molecule has 0 radical (unpaired) electrons. The van der Waals surface area contributed by atoms with Crippen molar-refractivity contribution in [2.24, 2.45) is 5.14 Å². The van der Waals surface area contributed by atoms with E-state index >= 15 is 0 Å². The number of aryl methyl sites for hydroxylation is 1. The number of sulfonamides is 1. The van der Waals surface area contributed by atoms with E-state index in [2.05, 4.69) is 15.4 Å². The van der Waals surface area contributed by atoms with Crippen molar-refractivity contribution in [2.75, 3.05) is 11.9 Å². The molecule has 0 aliphatic carbocycles. The fraction of sp³-hybridized carbons (Fsp3) is 0.158. The summed E-state index contributed by atoms with van der Waals surface area (Å²) in [6.45, 7) is 2.47. The van der Waals surface area contributed by atoms with Gasteiger partial charge in [-0.05, 0) is 43.2 Å². The Bertz CT molecular complexity index is 1280. The first-order chi connectivity index (χ1) is 13.3. The fourth-order valence-electron chi connectivity index (χ4n) is 3.09. The van der Waals surface area contributed by atoms with Crippen LogP contribution in [0.2, 0.25) is 5.02 Å². The number of aromatic nitrogens is 3. The van der Waals surface area contributed by atoms with E-state index in [0.29, 0.717) is 23.6 Å². The smallest absolute Gasteiger partial charge is 0.238 e. The van der Waals surface area contributed by atoms with Crippen LogP contribution in [0, 0.1) is 6.92 Å². The largest absolute Gasteiger partial charge is 0.369 e. The molecular formula is C19H18ClN5O2S. The lowest BCUT2D eigenvalue weighted by molar-refractivity contribution is 0.598. The number of fused-ring (bicyclic) bond motifs is 3. The summed E-state index contributed by atoms with van der Waals surface area (Å²) in [6, 6.07) is 14.4. The van der Waals surface area contributed by atoms with Crippen LogP contribution in [0.4, 0.5) is 5.82 Å². The Balaban J connectivity index is 1.60. The zero-order valence-corrected chi connectivity index (χ0v) is 16.6. The van der Waals surface area contributed by atoms with Crippen LogP contribution in [-0.2, 0) is 16.4 Å². The van der Waals surface area contributed by atoms with Crippen LogP contribution in [0.15, 0.2) is 53.4 Å². The zero-order chi connectivity index (χ0) is 19.9. The molecule has 0 spiro atoms. The number of para-hydroxylation sites is 1. The maximum Gasteiger partial charge on any atom is 0.238 e. The molecule has 4 aromatic rings. The minimum absolute atomic E-state index is 0.105. The van der Waals surface area contributed by atoms with Gasteiger partial charge < -0.3 is 5.32 Å². The van der Waals surface area contributed by atoms with Crippen LogP contribution < -0.4 is 10.5 Å². The zero-order valence-electron chi connectivity index (χ0n) is 15.1. The number of nitrogens with one attached hydrogen (secondary N) is 1. The molecule has 0 unspecified atom stereocenters. The topological polar surface area (TPSA) is 102 Å². The third-order valence-corrected chi connectivity index (χ3v) is 5.90. The van der Waals surface area contributed by atoms with Gasteiger partial charge in [-0.2, -0.15) is 5.10 Å². The number of benzene rings is 2. The number of nitrogens with zero attached hydrogens (tertiary/aromatic N) is 3. The van der Waals surface area contributed by atoms with Gasteiger partial charge in [0.2, 0.25) is 10.0 Å². The SMILES string of the molecule is Cc1nn2c(nc(NCCc3ccc(S(N)(=O)=O)cc3)c3ccccc32)c1Cl. The van der Waals surface area contributed by atoms with Gasteiger partial charge in [-0.1, -0.05) is 35.9 Å². The summed E-state index contributed by atoms with van der Waals surface area (Å²) < 4.78 is 24.4. The predicted molar refractivity (Wildman–Crippen MR) is 110 cm³/mol. The second-order valence-electron chi connectivity index (χ2n) is 6.48. The molecule has 2 aromatic carbocycles. The highest BCUT2D eigenvalue weighted by atomic mass is 35.5. The Labute approximate surface area is 167 Å². The predicted octanol–water partition coefficient (Wildman–Crippen LogP) is 3.15. The fourth-order valence-corrected chi connectivity index (χ4v) is 3.77. The van der Waals surface area contributed by atoms with Crippen molar-refractivity contribution in [3.63, 3.8) is 0 Å². The van der Waals surface area contributed by atoms with E-state index < -0.39 is 10.0 Å². The second-order valence-corrected chi connectivity index (χ2v) is 8.42. The van der Waals surface area contributed by atoms with Crippen LogP contribution in [0.1, 0.15) is 11.3 Å². The molecule has 2 heterocycles. The molecule has 0 saturated heterocycles. The number of halogens is 1. The number of nitrogens with two attached hydrogens (primary N) is 1. The van der Waals surface area contributed by atoms with Crippen LogP contribution in [-0.4, -0.2) is 29.6 Å². The summed E-state index contributed by atoms with van der Waals surface area (Å²) in [5.74, 6) is 0.728. The lowest BCUT2D eigenvalue weighted by atomic mass is 10.1. The minimum atomic E-state index is -3.68. The maximum atomic E-state index is 11.3. The van der Waals surface area contributed by atoms with E-state index in [1.807, 2.05) is 31.2 Å². The Morgan fingerprint density at radius 2 is 1.86 bits per heavy atom. The Kier molecular flexibility index (Phi) is 4.70. The molecule has 3 N–H and O–H groups in total. The first-order valence-corrected chi connectivity index (χ1v) is 10.6. The standard InChI is InChI=1S/C19H18ClN5O2S/c1-12-17(20)19-23-18(15-4-2-3-5-16(15)25(19)24-12)22-11-10-13-6-8-14(9-7-13)28(21,26)27/h2-9H,10-11H2,1H3,(H,22,23)(H2,21,26,27). The molecule has 0 aliphatic heterocycles. The Hall–Kier alpha value is -2.68. The van der Waals surface area contributed by atoms with Crippen LogP contribution in [0.25, 0.3) is 16.6 Å². The van der Waals surface area contributed by atoms with Crippen molar-refractivity contribution in [1.29, 1.82) is 0 Å². The number of hydrogen-bond donors (Lipinski definition) is 2. The van der Waals surface area contributed by atoms with E-state index in [1.54, 1.807) is 16.6 Å². The first-order valence-electron chi connectivity index (χ1n) is 8.64. The maximum absolute atomic E-state index is 11.3. The van der Waals surface area contributed by atoms with E-state index in [4.69, 9.17) is 16.7 Å². The summed E-state index contributed by atoms with van der Waals surface area (Å²) >= 11 is 6.36. The number of rotatable bonds is 5. The molecule has 7 nitrogen and oxygen atoms in total. The average Bonchev–Trinajstić information content (AvgIpc) is 2.96. The number of hydrogen-bond acceptors (Lipinski definition) is 5. The lowest BCUT2D eigenvalue weighted by Gasteiger charge is -2.10. The van der Waals surface area contributed by atoms with E-state index in [1.165, 1.54) is 12.1 Å². The lowest BCUT2D eigenvalue weighted by Crippen LogP contribution is -2.12. The molecule has 0 aliphatic rings. The van der Waals surface area contributed by atoms with Crippen molar-refractivity contribution >= 4 is 44.0 Å². The molecule has 2 aromatic heterocycles. The highest BCUT2D eigenvalue weighted by Crippen LogP contribution is 2.28. The van der Waals surface area contributed by atoms with Crippen LogP contribution >= 0.6 is 11.6 Å². The van der Waals surface area contributed by atoms with Gasteiger partial charge in [-0.25, -0.2) is 23.1 Å². The van der Waals surface area contributed by atoms with Gasteiger partial charge in [0.1, 0.15) is 10.8 Å². The highest BCUT2D eigenvalue weighted by Gasteiger charge is 2.14. The quantitative estimate of drug-likeness (QED) is 0.521. The van der Waals surface area contributed by atoms with Crippen molar-refractivity contribution < 1.29 is 8.42 Å². The van der Waals surface area contributed by atoms with Crippen molar-refractivity contribution in [2.45, 2.75) is 18.2 Å². The molecule has 28 heavy (non-hydrogen) atoms. The molecule has 144 valence electrons. The summed E-state index contributed by atoms with van der Waals surface area (Å²) in [7, 11) is -3.68. The summed E-state index contributed by atoms with van der Waals surface area (Å²) in [5, 5.41) is 14.4. The Morgan fingerprint density at radius 1 is 1.14 bits per heavy atom. The molecule has 0 bridgehead atoms. The molecule has 4 rings (SSSR count). The highest BCUT2D eigenvalue weighted by molar-refractivity contribution is 7.89. The molecule has 0 saturated carbocycles. The van der Waals surface area contributed by atoms with Gasteiger partial charge in [0.25, 0.3) is 0 Å². The average molecular weight is 416 g/mol. The molecule has 0 amide bonds. The minimum Gasteiger partial charge on any atom is -0.369 e. The summed E-state index contributed by atoms with van der Waals surface area (Å²) in [5.41, 5.74) is 3.25. The summed E-state index contributed by atoms with van der Waals surface area (Å²) in [4.78, 5) is 4.77. The number of anilines is 1. The van der Waals surface area contributed by atoms with Crippen molar-refractivity contribution in [1.82, 2.24) is 14.6 Å². The third-order valence-electron chi connectivity index (χ3n) is 4.53. The van der Waals surface area contributed by atoms with Gasteiger partial charge in [0.05, 0.1) is 16.1 Å². The molecular weight excluding hydrogens is 398 g/mol. The van der Waals surface area contributed by atoms with Crippen molar-refractivity contribution in [3.05, 3.63) is 64.8 Å². The number of primary sulfonamides is 1. The van der Waals surface area contributed by atoms with Gasteiger partial charge in [-0.3, -0.25) is 0 Å². The van der Waals surface area contributed by atoms with E-state index in [-0.39, 0.29) is 4.90 Å². The van der Waals surface area contributed by atoms with E-state index in [0.717, 1.165) is 28.0 Å². The van der Waals surface area contributed by atoms with Crippen LogP contribution in [0.3, 0.4) is 0 Å². The summed E-state index contributed by atoms with van der Waals surface area (Å²) in [6.07, 6.45) is 0.693. The molecule has 0 atom stereocenters. The Morgan fingerprint density at radius 3 is 2.57 bits per heavy atom. The van der Waals surface area contributed by atoms with Gasteiger partial charge in [0, 0.05) is 11.9 Å². The molecule has 0 fully saturated rings. The third kappa shape index (κ3) is 3.42. The first kappa shape index (κ1) is 18.7. The van der Waals surface area contributed by atoms with Crippen LogP contribution in [0.5, 0.6) is 0 Å². The molecule has 9 heteroatoms. The second kappa shape index (κ2) is 7.05. The van der Waals surface area contributed by atoms with Gasteiger partial charge in [0.15, 0.2) is 5.65 Å². The monoisotopic (exact) mass is 415 g/mol. The van der Waals surface area contributed by atoms with Crippen molar-refractivity contribution in [3.8, 4) is 0 Å². The normalized spacial score (nSPS) is 12.0. The van der Waals surface area contributed by atoms with E-state index in [9.17, 15) is 8.42 Å². The van der Waals surface area contributed by atoms with Gasteiger partial charge >= 0.3 is 0 Å².